The molecule has 0 radical (unpaired) electrons. The highest BCUT2D eigenvalue weighted by molar-refractivity contribution is 8.00. The molecule has 0 heterocycles. The van der Waals surface area contributed by atoms with Crippen molar-refractivity contribution in [2.75, 3.05) is 17.2 Å². The van der Waals surface area contributed by atoms with Crippen molar-refractivity contribution in [2.45, 2.75) is 25.3 Å². The van der Waals surface area contributed by atoms with Crippen molar-refractivity contribution in [3.8, 4) is 0 Å². The molecule has 5 N–H and O–H groups in total. The maximum atomic E-state index is 11.9. The van der Waals surface area contributed by atoms with Gasteiger partial charge in [-0.2, -0.15) is 0 Å². The van der Waals surface area contributed by atoms with Crippen LogP contribution in [0.4, 0.5) is 5.69 Å². The maximum absolute atomic E-state index is 11.9. The summed E-state index contributed by atoms with van der Waals surface area (Å²) in [4.78, 5) is 22.5. The standard InChI is InChI=1S/C14H19N3O2S.ClH/c15-10-4-5-11-9(6-10)2-1-3-12(11)17-14(19)8-20-7-13(16)18;/h4-6,12H,1-3,7-8,15H2,(H2,16,18)(H,17,19);1H. The van der Waals surface area contributed by atoms with Gasteiger partial charge in [-0.25, -0.2) is 0 Å². The third-order valence-corrected chi connectivity index (χ3v) is 4.25. The molecule has 0 saturated carbocycles. The molecule has 1 aliphatic carbocycles. The van der Waals surface area contributed by atoms with Gasteiger partial charge < -0.3 is 16.8 Å². The maximum Gasteiger partial charge on any atom is 0.230 e. The molecule has 1 unspecified atom stereocenters. The summed E-state index contributed by atoms with van der Waals surface area (Å²) in [6.07, 6.45) is 2.97. The molecule has 21 heavy (non-hydrogen) atoms. The second-order valence-corrected chi connectivity index (χ2v) is 5.92. The molecule has 0 bridgehead atoms. The third-order valence-electron chi connectivity index (χ3n) is 3.29. The Morgan fingerprint density at radius 2 is 2.10 bits per heavy atom. The molecule has 1 atom stereocenters. The molecule has 0 saturated heterocycles. The van der Waals surface area contributed by atoms with Gasteiger partial charge in [0.25, 0.3) is 0 Å². The van der Waals surface area contributed by atoms with Crippen LogP contribution < -0.4 is 16.8 Å². The van der Waals surface area contributed by atoms with E-state index in [0.717, 1.165) is 30.5 Å². The Balaban J connectivity index is 0.00000220. The second kappa shape index (κ2) is 8.14. The normalized spacial score (nSPS) is 16.5. The Labute approximate surface area is 134 Å². The van der Waals surface area contributed by atoms with Gasteiger partial charge in [-0.15, -0.1) is 24.2 Å². The van der Waals surface area contributed by atoms with Gasteiger partial charge in [-0.1, -0.05) is 6.07 Å². The highest BCUT2D eigenvalue weighted by atomic mass is 35.5. The first-order chi connectivity index (χ1) is 9.56. The van der Waals surface area contributed by atoms with Crippen LogP contribution in [0.1, 0.15) is 30.0 Å². The Morgan fingerprint density at radius 3 is 2.81 bits per heavy atom. The van der Waals surface area contributed by atoms with Gasteiger partial charge in [0, 0.05) is 5.69 Å². The fraction of sp³-hybridized carbons (Fsp3) is 0.429. The SMILES string of the molecule is Cl.NC(=O)CSCC(=O)NC1CCCc2cc(N)ccc21. The number of hydrogen-bond acceptors (Lipinski definition) is 4. The number of amides is 2. The molecule has 7 heteroatoms. The molecule has 116 valence electrons. The number of aryl methyl sites for hydroxylation is 1. The largest absolute Gasteiger partial charge is 0.399 e. The Kier molecular flexibility index (Phi) is 6.84. The van der Waals surface area contributed by atoms with E-state index in [1.54, 1.807) is 0 Å². The van der Waals surface area contributed by atoms with Crippen molar-refractivity contribution in [2.24, 2.45) is 5.73 Å². The molecular weight excluding hydrogens is 310 g/mol. The number of thioether (sulfide) groups is 1. The Bertz CT molecular complexity index is 525. The summed E-state index contributed by atoms with van der Waals surface area (Å²) < 4.78 is 0. The molecule has 1 aromatic rings. The molecule has 0 aliphatic heterocycles. The second-order valence-electron chi connectivity index (χ2n) is 4.93. The minimum Gasteiger partial charge on any atom is -0.399 e. The van der Waals surface area contributed by atoms with Crippen LogP contribution in [0, 0.1) is 0 Å². The van der Waals surface area contributed by atoms with E-state index in [9.17, 15) is 9.59 Å². The van der Waals surface area contributed by atoms with Crippen LogP contribution in [0.15, 0.2) is 18.2 Å². The number of halogens is 1. The lowest BCUT2D eigenvalue weighted by molar-refractivity contribution is -0.119. The predicted octanol–water partition coefficient (Wildman–Crippen LogP) is 1.40. The molecule has 2 amide bonds. The molecule has 0 fully saturated rings. The van der Waals surface area contributed by atoms with Crippen LogP contribution in [0.5, 0.6) is 0 Å². The first-order valence-electron chi connectivity index (χ1n) is 6.60. The lowest BCUT2D eigenvalue weighted by Gasteiger charge is -2.26. The van der Waals surface area contributed by atoms with E-state index in [0.29, 0.717) is 0 Å². The van der Waals surface area contributed by atoms with Gasteiger partial charge in [-0.05, 0) is 42.5 Å². The number of nitrogen functional groups attached to an aromatic ring is 1. The highest BCUT2D eigenvalue weighted by Crippen LogP contribution is 2.30. The Hall–Kier alpha value is -1.40. The molecule has 0 spiro atoms. The minimum absolute atomic E-state index is 0. The van der Waals surface area contributed by atoms with Gasteiger partial charge in [0.15, 0.2) is 0 Å². The van der Waals surface area contributed by atoms with Gasteiger partial charge in [0.2, 0.25) is 11.8 Å². The average molecular weight is 330 g/mol. The number of carbonyl (C=O) groups excluding carboxylic acids is 2. The van der Waals surface area contributed by atoms with Crippen molar-refractivity contribution in [1.29, 1.82) is 0 Å². The van der Waals surface area contributed by atoms with E-state index in [4.69, 9.17) is 11.5 Å². The van der Waals surface area contributed by atoms with Gasteiger partial charge in [-0.3, -0.25) is 9.59 Å². The first kappa shape index (κ1) is 17.7. The number of fused-ring (bicyclic) bond motifs is 1. The fourth-order valence-corrected chi connectivity index (χ4v) is 3.04. The summed E-state index contributed by atoms with van der Waals surface area (Å²) in [5.41, 5.74) is 13.9. The van der Waals surface area contributed by atoms with Crippen LogP contribution in [0.25, 0.3) is 0 Å². The van der Waals surface area contributed by atoms with Crippen LogP contribution in [0.2, 0.25) is 0 Å². The molecule has 0 aromatic heterocycles. The monoisotopic (exact) mass is 329 g/mol. The van der Waals surface area contributed by atoms with Crippen LogP contribution in [0.3, 0.4) is 0 Å². The number of carbonyl (C=O) groups is 2. The first-order valence-corrected chi connectivity index (χ1v) is 7.75. The summed E-state index contributed by atoms with van der Waals surface area (Å²) in [5, 5.41) is 3.02. The van der Waals surface area contributed by atoms with Crippen molar-refractivity contribution in [3.05, 3.63) is 29.3 Å². The number of anilines is 1. The van der Waals surface area contributed by atoms with E-state index in [1.807, 2.05) is 18.2 Å². The van der Waals surface area contributed by atoms with Crippen molar-refractivity contribution >= 4 is 41.7 Å². The van der Waals surface area contributed by atoms with E-state index >= 15 is 0 Å². The zero-order valence-corrected chi connectivity index (χ0v) is 13.3. The Morgan fingerprint density at radius 1 is 1.33 bits per heavy atom. The van der Waals surface area contributed by atoms with Gasteiger partial charge in [0.05, 0.1) is 17.5 Å². The smallest absolute Gasteiger partial charge is 0.230 e. The summed E-state index contributed by atoms with van der Waals surface area (Å²) in [7, 11) is 0. The van der Waals surface area contributed by atoms with E-state index in [2.05, 4.69) is 5.32 Å². The predicted molar refractivity (Wildman–Crippen MR) is 88.4 cm³/mol. The van der Waals surface area contributed by atoms with Crippen LogP contribution >= 0.6 is 24.2 Å². The fourth-order valence-electron chi connectivity index (χ4n) is 2.46. The average Bonchev–Trinajstić information content (AvgIpc) is 2.38. The lowest BCUT2D eigenvalue weighted by atomic mass is 9.87. The van der Waals surface area contributed by atoms with Crippen molar-refractivity contribution < 1.29 is 9.59 Å². The van der Waals surface area contributed by atoms with Gasteiger partial charge >= 0.3 is 0 Å². The van der Waals surface area contributed by atoms with E-state index in [-0.39, 0.29) is 35.9 Å². The molecule has 5 nitrogen and oxygen atoms in total. The van der Waals surface area contributed by atoms with Crippen molar-refractivity contribution in [3.63, 3.8) is 0 Å². The summed E-state index contributed by atoms with van der Waals surface area (Å²) in [5.74, 6) is -0.0400. The van der Waals surface area contributed by atoms with Gasteiger partial charge in [0.1, 0.15) is 0 Å². The highest BCUT2D eigenvalue weighted by Gasteiger charge is 2.21. The number of primary amides is 1. The van der Waals surface area contributed by atoms with Crippen LogP contribution in [-0.4, -0.2) is 23.3 Å². The number of nitrogens with one attached hydrogen (secondary N) is 1. The third kappa shape index (κ3) is 5.13. The number of benzene rings is 1. The quantitative estimate of drug-likeness (QED) is 0.711. The topological polar surface area (TPSA) is 98.2 Å². The zero-order chi connectivity index (χ0) is 14.5. The van der Waals surface area contributed by atoms with Crippen LogP contribution in [-0.2, 0) is 16.0 Å². The summed E-state index contributed by atoms with van der Waals surface area (Å²) in [6.45, 7) is 0. The lowest BCUT2D eigenvalue weighted by Crippen LogP contribution is -2.32. The zero-order valence-electron chi connectivity index (χ0n) is 11.6. The molecule has 1 aliphatic rings. The molecular formula is C14H20ClN3O2S. The molecule has 2 rings (SSSR count). The molecule has 1 aromatic carbocycles. The number of hydrogen-bond donors (Lipinski definition) is 3. The van der Waals surface area contributed by atoms with E-state index < -0.39 is 5.91 Å². The van der Waals surface area contributed by atoms with Crippen molar-refractivity contribution in [1.82, 2.24) is 5.32 Å². The number of nitrogens with two attached hydrogens (primary N) is 2. The summed E-state index contributed by atoms with van der Waals surface area (Å²) in [6, 6.07) is 5.88. The number of rotatable bonds is 5. The minimum atomic E-state index is -0.402. The summed E-state index contributed by atoms with van der Waals surface area (Å²) >= 11 is 1.24. The van der Waals surface area contributed by atoms with E-state index in [1.165, 1.54) is 17.3 Å².